The predicted octanol–water partition coefficient (Wildman–Crippen LogP) is 2.15. The van der Waals surface area contributed by atoms with Crippen LogP contribution in [0.1, 0.15) is 17.2 Å². The normalized spacial score (nSPS) is 25.3. The number of hydrogen-bond acceptors (Lipinski definition) is 3. The van der Waals surface area contributed by atoms with E-state index in [4.69, 9.17) is 4.74 Å². The van der Waals surface area contributed by atoms with Gasteiger partial charge in [0.1, 0.15) is 12.3 Å². The summed E-state index contributed by atoms with van der Waals surface area (Å²) in [6.07, 6.45) is -1.58. The molecule has 3 unspecified atom stereocenters. The Hall–Kier alpha value is -2.17. The molecule has 1 fully saturated rings. The number of benzene rings is 2. The van der Waals surface area contributed by atoms with Gasteiger partial charge in [0, 0.05) is 13.5 Å². The zero-order chi connectivity index (χ0) is 15.5. The number of carbonyl (C=O) groups excluding carboxylic acids is 1. The highest BCUT2D eigenvalue weighted by atomic mass is 16.5. The van der Waals surface area contributed by atoms with E-state index in [1.54, 1.807) is 7.05 Å². The smallest absolute Gasteiger partial charge is 0.256 e. The first-order chi connectivity index (χ1) is 10.7. The van der Waals surface area contributed by atoms with Crippen LogP contribution in [0.15, 0.2) is 60.7 Å². The first kappa shape index (κ1) is 14.8. The van der Waals surface area contributed by atoms with E-state index in [9.17, 15) is 9.90 Å². The van der Waals surface area contributed by atoms with Gasteiger partial charge in [0.15, 0.2) is 6.10 Å². The summed E-state index contributed by atoms with van der Waals surface area (Å²) in [7, 11) is 1.67. The summed E-state index contributed by atoms with van der Waals surface area (Å²) in [5, 5.41) is 10.2. The first-order valence-electron chi connectivity index (χ1n) is 7.36. The molecule has 1 N–H and O–H groups in total. The fraction of sp³-hybridized carbons (Fsp3) is 0.278. The topological polar surface area (TPSA) is 49.8 Å². The van der Waals surface area contributed by atoms with E-state index >= 15 is 0 Å². The van der Waals surface area contributed by atoms with E-state index in [1.807, 2.05) is 60.7 Å². The van der Waals surface area contributed by atoms with Crippen LogP contribution in [0.3, 0.4) is 0 Å². The second kappa shape index (κ2) is 6.30. The Kier molecular flexibility index (Phi) is 4.22. The van der Waals surface area contributed by atoms with Crippen molar-refractivity contribution >= 4 is 5.91 Å². The largest absolute Gasteiger partial charge is 0.380 e. The van der Waals surface area contributed by atoms with E-state index in [0.717, 1.165) is 11.1 Å². The van der Waals surface area contributed by atoms with Gasteiger partial charge in [0.25, 0.3) is 5.91 Å². The van der Waals surface area contributed by atoms with Crippen molar-refractivity contribution in [3.63, 3.8) is 0 Å². The molecule has 4 heteroatoms. The van der Waals surface area contributed by atoms with Gasteiger partial charge in [0.05, 0.1) is 0 Å². The molecule has 2 aromatic rings. The maximum Gasteiger partial charge on any atom is 0.256 e. The molecular formula is C18H19NO3. The van der Waals surface area contributed by atoms with Crippen molar-refractivity contribution in [1.82, 2.24) is 4.90 Å². The molecule has 0 aliphatic carbocycles. The third-order valence-corrected chi connectivity index (χ3v) is 4.00. The van der Waals surface area contributed by atoms with Gasteiger partial charge >= 0.3 is 0 Å². The van der Waals surface area contributed by atoms with Crippen LogP contribution in [-0.4, -0.2) is 35.3 Å². The maximum absolute atomic E-state index is 12.3. The molecule has 1 aliphatic rings. The molecule has 22 heavy (non-hydrogen) atoms. The van der Waals surface area contributed by atoms with Gasteiger partial charge in [0.2, 0.25) is 0 Å². The van der Waals surface area contributed by atoms with E-state index in [1.165, 1.54) is 4.90 Å². The second-order valence-electron chi connectivity index (χ2n) is 5.51. The van der Waals surface area contributed by atoms with Gasteiger partial charge < -0.3 is 14.7 Å². The van der Waals surface area contributed by atoms with Crippen molar-refractivity contribution in [3.05, 3.63) is 71.8 Å². The van der Waals surface area contributed by atoms with Crippen molar-refractivity contribution in [3.8, 4) is 0 Å². The molecule has 0 spiro atoms. The summed E-state index contributed by atoms with van der Waals surface area (Å²) in [4.78, 5) is 13.8. The Morgan fingerprint density at radius 1 is 1.05 bits per heavy atom. The zero-order valence-electron chi connectivity index (χ0n) is 12.4. The quantitative estimate of drug-likeness (QED) is 0.944. The number of carbonyl (C=O) groups is 1. The van der Waals surface area contributed by atoms with Gasteiger partial charge in [-0.3, -0.25) is 4.79 Å². The number of aliphatic hydroxyl groups is 1. The number of likely N-dealkylation sites (N-methyl/N-ethyl adjacent to an activating group) is 1. The van der Waals surface area contributed by atoms with Crippen LogP contribution in [0.5, 0.6) is 0 Å². The Bertz CT molecular complexity index is 629. The Balaban J connectivity index is 1.83. The molecule has 1 heterocycles. The molecule has 0 aromatic heterocycles. The minimum atomic E-state index is -1.17. The maximum atomic E-state index is 12.3. The molecule has 3 atom stereocenters. The third-order valence-electron chi connectivity index (χ3n) is 4.00. The first-order valence-corrected chi connectivity index (χ1v) is 7.36. The van der Waals surface area contributed by atoms with Crippen molar-refractivity contribution < 1.29 is 14.6 Å². The number of hydrogen-bond donors (Lipinski definition) is 1. The third kappa shape index (κ3) is 2.89. The Morgan fingerprint density at radius 3 is 2.27 bits per heavy atom. The molecular weight excluding hydrogens is 278 g/mol. The summed E-state index contributed by atoms with van der Waals surface area (Å²) in [6.45, 7) is 0. The number of rotatable bonds is 3. The number of ether oxygens (including phenoxy) is 1. The highest BCUT2D eigenvalue weighted by molar-refractivity contribution is 5.82. The number of amides is 1. The predicted molar refractivity (Wildman–Crippen MR) is 83.0 cm³/mol. The highest BCUT2D eigenvalue weighted by Crippen LogP contribution is 2.30. The minimum absolute atomic E-state index is 0.305. The lowest BCUT2D eigenvalue weighted by molar-refractivity contribution is -0.197. The summed E-state index contributed by atoms with van der Waals surface area (Å²) in [5.74, 6) is -0.305. The van der Waals surface area contributed by atoms with Crippen LogP contribution in [0, 0.1) is 0 Å². The van der Waals surface area contributed by atoms with Crippen molar-refractivity contribution in [2.75, 3.05) is 7.05 Å². The lowest BCUT2D eigenvalue weighted by Crippen LogP contribution is -2.53. The standard InChI is InChI=1S/C18H19NO3/c1-19-15(12-13-8-4-2-5-9-13)22-17(16(20)18(19)21)14-10-6-3-7-11-14/h2-11,15-17,20H,12H2,1H3. The van der Waals surface area contributed by atoms with Crippen LogP contribution >= 0.6 is 0 Å². The van der Waals surface area contributed by atoms with E-state index in [2.05, 4.69) is 0 Å². The van der Waals surface area contributed by atoms with Crippen molar-refractivity contribution in [1.29, 1.82) is 0 Å². The fourth-order valence-electron chi connectivity index (χ4n) is 2.72. The van der Waals surface area contributed by atoms with Crippen LogP contribution in [0.4, 0.5) is 0 Å². The van der Waals surface area contributed by atoms with E-state index < -0.39 is 12.2 Å². The van der Waals surface area contributed by atoms with Crippen molar-refractivity contribution in [2.45, 2.75) is 24.9 Å². The molecule has 0 radical (unpaired) electrons. The Labute approximate surface area is 130 Å². The van der Waals surface area contributed by atoms with Gasteiger partial charge in [-0.05, 0) is 11.1 Å². The molecule has 3 rings (SSSR count). The summed E-state index contributed by atoms with van der Waals surface area (Å²) < 4.78 is 6.03. The van der Waals surface area contributed by atoms with Crippen LogP contribution in [0.25, 0.3) is 0 Å². The van der Waals surface area contributed by atoms with Crippen LogP contribution < -0.4 is 0 Å². The van der Waals surface area contributed by atoms with Crippen molar-refractivity contribution in [2.24, 2.45) is 0 Å². The van der Waals surface area contributed by atoms with Gasteiger partial charge in [-0.1, -0.05) is 60.7 Å². The summed E-state index contributed by atoms with van der Waals surface area (Å²) in [6, 6.07) is 19.3. The van der Waals surface area contributed by atoms with Gasteiger partial charge in [-0.2, -0.15) is 0 Å². The number of nitrogens with zero attached hydrogens (tertiary/aromatic N) is 1. The second-order valence-corrected chi connectivity index (χ2v) is 5.51. The molecule has 2 aromatic carbocycles. The fourth-order valence-corrected chi connectivity index (χ4v) is 2.72. The molecule has 0 saturated carbocycles. The Morgan fingerprint density at radius 2 is 1.64 bits per heavy atom. The average molecular weight is 297 g/mol. The molecule has 4 nitrogen and oxygen atoms in total. The van der Waals surface area contributed by atoms with Gasteiger partial charge in [-0.15, -0.1) is 0 Å². The van der Waals surface area contributed by atoms with E-state index in [-0.39, 0.29) is 12.1 Å². The molecule has 0 bridgehead atoms. The average Bonchev–Trinajstić information content (AvgIpc) is 2.57. The summed E-state index contributed by atoms with van der Waals surface area (Å²) >= 11 is 0. The lowest BCUT2D eigenvalue weighted by Gasteiger charge is -2.40. The molecule has 1 saturated heterocycles. The number of aliphatic hydroxyl groups excluding tert-OH is 1. The molecule has 1 aliphatic heterocycles. The lowest BCUT2D eigenvalue weighted by atomic mass is 10.00. The van der Waals surface area contributed by atoms with E-state index in [0.29, 0.717) is 6.42 Å². The highest BCUT2D eigenvalue weighted by Gasteiger charge is 2.40. The van der Waals surface area contributed by atoms with Crippen LogP contribution in [0.2, 0.25) is 0 Å². The van der Waals surface area contributed by atoms with Gasteiger partial charge in [-0.25, -0.2) is 0 Å². The zero-order valence-corrected chi connectivity index (χ0v) is 12.4. The van der Waals surface area contributed by atoms with Crippen LogP contribution in [-0.2, 0) is 16.0 Å². The molecule has 114 valence electrons. The minimum Gasteiger partial charge on any atom is -0.380 e. The summed E-state index contributed by atoms with van der Waals surface area (Å²) in [5.41, 5.74) is 1.91. The monoisotopic (exact) mass is 297 g/mol. The molecule has 1 amide bonds. The SMILES string of the molecule is CN1C(=O)C(O)C(c2ccccc2)OC1Cc1ccccc1.